The number of carbonyl (C=O) groups excluding carboxylic acids is 1. The Hall–Kier alpha value is -0.650. The lowest BCUT2D eigenvalue weighted by Crippen LogP contribution is -2.36. The fourth-order valence-electron chi connectivity index (χ4n) is 1.70. The number of amides is 1. The van der Waals surface area contributed by atoms with Crippen LogP contribution >= 0.6 is 0 Å². The van der Waals surface area contributed by atoms with Crippen LogP contribution in [0.15, 0.2) is 0 Å². The minimum atomic E-state index is -0.0180. The second kappa shape index (κ2) is 8.50. The number of carbonyl (C=O) groups is 1. The first-order valence-electron chi connectivity index (χ1n) is 6.12. The Kier molecular flexibility index (Phi) is 7.12. The van der Waals surface area contributed by atoms with Crippen LogP contribution in [0.3, 0.4) is 0 Å². The molecule has 5 heteroatoms. The first-order chi connectivity index (χ1) is 7.83. The van der Waals surface area contributed by atoms with E-state index < -0.39 is 0 Å². The third-order valence-corrected chi connectivity index (χ3v) is 2.69. The van der Waals surface area contributed by atoms with Crippen LogP contribution in [-0.4, -0.2) is 44.8 Å². The van der Waals surface area contributed by atoms with E-state index in [1.165, 1.54) is 0 Å². The number of unbranched alkanes of at least 4 members (excludes halogenated alkanes) is 1. The van der Waals surface area contributed by atoms with Gasteiger partial charge in [0, 0.05) is 6.54 Å². The molecule has 1 aliphatic heterocycles. The van der Waals surface area contributed by atoms with Gasteiger partial charge in [-0.15, -0.1) is 0 Å². The number of nitrogens with two attached hydrogens (primary N) is 1. The lowest BCUT2D eigenvalue weighted by atomic mass is 10.1. The number of rotatable bonds is 7. The normalized spacial score (nSPS) is 17.3. The quantitative estimate of drug-likeness (QED) is 0.520. The highest BCUT2D eigenvalue weighted by Crippen LogP contribution is 2.06. The Bertz CT molecular complexity index is 194. The summed E-state index contributed by atoms with van der Waals surface area (Å²) < 4.78 is 5.53. The van der Waals surface area contributed by atoms with E-state index in [9.17, 15) is 4.79 Å². The molecule has 1 saturated heterocycles. The zero-order valence-electron chi connectivity index (χ0n) is 9.84. The van der Waals surface area contributed by atoms with E-state index in [1.54, 1.807) is 0 Å². The summed E-state index contributed by atoms with van der Waals surface area (Å²) in [6.45, 7) is 3.55. The van der Waals surface area contributed by atoms with Crippen LogP contribution in [0.1, 0.15) is 25.7 Å². The zero-order valence-corrected chi connectivity index (χ0v) is 9.84. The number of hydrogen-bond donors (Lipinski definition) is 3. The largest absolute Gasteiger partial charge is 0.368 e. The zero-order chi connectivity index (χ0) is 11.6. The maximum Gasteiger partial charge on any atom is 0.246 e. The number of hydrogen-bond acceptors (Lipinski definition) is 4. The van der Waals surface area contributed by atoms with E-state index in [0.717, 1.165) is 38.8 Å². The van der Waals surface area contributed by atoms with Crippen molar-refractivity contribution in [1.82, 2.24) is 10.6 Å². The fourth-order valence-corrected chi connectivity index (χ4v) is 1.70. The second-order valence-corrected chi connectivity index (χ2v) is 4.11. The first kappa shape index (κ1) is 13.4. The van der Waals surface area contributed by atoms with Gasteiger partial charge < -0.3 is 21.1 Å². The van der Waals surface area contributed by atoms with Crippen LogP contribution in [0.5, 0.6) is 0 Å². The summed E-state index contributed by atoms with van der Waals surface area (Å²) in [6, 6.07) is 0. The van der Waals surface area contributed by atoms with Crippen molar-refractivity contribution in [2.24, 2.45) is 5.73 Å². The SMILES string of the molecule is NCCCCNC(=O)COC1CCNCC1. The Labute approximate surface area is 97.1 Å². The summed E-state index contributed by atoms with van der Waals surface area (Å²) in [5, 5.41) is 6.08. The molecule has 1 fully saturated rings. The molecule has 0 aliphatic carbocycles. The molecule has 5 nitrogen and oxygen atoms in total. The molecule has 0 saturated carbocycles. The molecule has 94 valence electrons. The van der Waals surface area contributed by atoms with E-state index in [0.29, 0.717) is 13.1 Å². The van der Waals surface area contributed by atoms with Crippen molar-refractivity contribution in [3.8, 4) is 0 Å². The summed E-state index contributed by atoms with van der Waals surface area (Å²) in [5.41, 5.74) is 5.36. The predicted octanol–water partition coefficient (Wildman–Crippen LogP) is -0.390. The molecule has 4 N–H and O–H groups in total. The van der Waals surface area contributed by atoms with Crippen molar-refractivity contribution in [3.63, 3.8) is 0 Å². The van der Waals surface area contributed by atoms with Gasteiger partial charge in [-0.3, -0.25) is 4.79 Å². The molecule has 0 atom stereocenters. The van der Waals surface area contributed by atoms with E-state index in [1.807, 2.05) is 0 Å². The Morgan fingerprint density at radius 2 is 2.12 bits per heavy atom. The molecule has 0 aromatic carbocycles. The summed E-state index contributed by atoms with van der Waals surface area (Å²) in [7, 11) is 0. The van der Waals surface area contributed by atoms with Gasteiger partial charge in [0.1, 0.15) is 6.61 Å². The molecule has 0 aromatic heterocycles. The minimum absolute atomic E-state index is 0.0180. The lowest BCUT2D eigenvalue weighted by molar-refractivity contribution is -0.128. The lowest BCUT2D eigenvalue weighted by Gasteiger charge is -2.22. The minimum Gasteiger partial charge on any atom is -0.368 e. The molecule has 16 heavy (non-hydrogen) atoms. The highest BCUT2D eigenvalue weighted by molar-refractivity contribution is 5.77. The standard InChI is InChI=1S/C11H23N3O2/c12-5-1-2-6-14-11(15)9-16-10-3-7-13-8-4-10/h10,13H,1-9,12H2,(H,14,15). The second-order valence-electron chi connectivity index (χ2n) is 4.11. The van der Waals surface area contributed by atoms with Gasteiger partial charge in [0.25, 0.3) is 0 Å². The van der Waals surface area contributed by atoms with Crippen molar-refractivity contribution < 1.29 is 9.53 Å². The Morgan fingerprint density at radius 3 is 2.81 bits per heavy atom. The van der Waals surface area contributed by atoms with Gasteiger partial charge in [-0.1, -0.05) is 0 Å². The summed E-state index contributed by atoms with van der Waals surface area (Å²) in [6.07, 6.45) is 4.14. The van der Waals surface area contributed by atoms with Crippen LogP contribution in [-0.2, 0) is 9.53 Å². The molecule has 0 unspecified atom stereocenters. The summed E-state index contributed by atoms with van der Waals surface area (Å²) in [5.74, 6) is -0.0180. The van der Waals surface area contributed by atoms with Gasteiger partial charge >= 0.3 is 0 Å². The number of piperidine rings is 1. The highest BCUT2D eigenvalue weighted by atomic mass is 16.5. The smallest absolute Gasteiger partial charge is 0.246 e. The van der Waals surface area contributed by atoms with Crippen molar-refractivity contribution in [2.75, 3.05) is 32.8 Å². The number of ether oxygens (including phenoxy) is 1. The third-order valence-electron chi connectivity index (χ3n) is 2.69. The number of nitrogens with one attached hydrogen (secondary N) is 2. The molecule has 1 aliphatic rings. The summed E-state index contributed by atoms with van der Waals surface area (Å²) >= 11 is 0. The van der Waals surface area contributed by atoms with Crippen molar-refractivity contribution >= 4 is 5.91 Å². The molecular formula is C11H23N3O2. The van der Waals surface area contributed by atoms with Gasteiger partial charge in [-0.25, -0.2) is 0 Å². The molecule has 0 spiro atoms. The third kappa shape index (κ3) is 6.05. The molecule has 1 rings (SSSR count). The average Bonchev–Trinajstić information content (AvgIpc) is 2.33. The van der Waals surface area contributed by atoms with E-state index in [4.69, 9.17) is 10.5 Å². The highest BCUT2D eigenvalue weighted by Gasteiger charge is 2.14. The van der Waals surface area contributed by atoms with Crippen LogP contribution in [0, 0.1) is 0 Å². The van der Waals surface area contributed by atoms with Gasteiger partial charge in [0.15, 0.2) is 0 Å². The van der Waals surface area contributed by atoms with Crippen LogP contribution in [0.4, 0.5) is 0 Å². The van der Waals surface area contributed by atoms with Gasteiger partial charge in [-0.2, -0.15) is 0 Å². The van der Waals surface area contributed by atoms with Crippen molar-refractivity contribution in [3.05, 3.63) is 0 Å². The first-order valence-corrected chi connectivity index (χ1v) is 6.12. The summed E-state index contributed by atoms with van der Waals surface area (Å²) in [4.78, 5) is 11.4. The maximum atomic E-state index is 11.4. The maximum absolute atomic E-state index is 11.4. The van der Waals surface area contributed by atoms with Crippen LogP contribution in [0.2, 0.25) is 0 Å². The van der Waals surface area contributed by atoms with Gasteiger partial charge in [0.2, 0.25) is 5.91 Å². The molecule has 1 amide bonds. The Morgan fingerprint density at radius 1 is 1.38 bits per heavy atom. The van der Waals surface area contributed by atoms with E-state index >= 15 is 0 Å². The predicted molar refractivity (Wildman–Crippen MR) is 63.1 cm³/mol. The fraction of sp³-hybridized carbons (Fsp3) is 0.909. The van der Waals surface area contributed by atoms with Crippen LogP contribution in [0.25, 0.3) is 0 Å². The van der Waals surface area contributed by atoms with Crippen molar-refractivity contribution in [1.29, 1.82) is 0 Å². The van der Waals surface area contributed by atoms with E-state index in [2.05, 4.69) is 10.6 Å². The van der Waals surface area contributed by atoms with Crippen LogP contribution < -0.4 is 16.4 Å². The molecule has 1 heterocycles. The van der Waals surface area contributed by atoms with Gasteiger partial charge in [-0.05, 0) is 45.3 Å². The molecule has 0 bridgehead atoms. The molecular weight excluding hydrogens is 206 g/mol. The Balaban J connectivity index is 1.96. The monoisotopic (exact) mass is 229 g/mol. The van der Waals surface area contributed by atoms with Crippen molar-refractivity contribution in [2.45, 2.75) is 31.8 Å². The average molecular weight is 229 g/mol. The molecule has 0 radical (unpaired) electrons. The topological polar surface area (TPSA) is 76.4 Å². The molecule has 0 aromatic rings. The van der Waals surface area contributed by atoms with E-state index in [-0.39, 0.29) is 18.6 Å². The van der Waals surface area contributed by atoms with Gasteiger partial charge in [0.05, 0.1) is 6.10 Å².